The van der Waals surface area contributed by atoms with E-state index < -0.39 is 0 Å². The van der Waals surface area contributed by atoms with E-state index in [2.05, 4.69) is 27.8 Å². The Morgan fingerprint density at radius 2 is 1.79 bits per heavy atom. The van der Waals surface area contributed by atoms with Crippen LogP contribution in [0.4, 0.5) is 0 Å². The Morgan fingerprint density at radius 1 is 1.07 bits per heavy atom. The van der Waals surface area contributed by atoms with Gasteiger partial charge in [-0.2, -0.15) is 0 Å². The van der Waals surface area contributed by atoms with Crippen LogP contribution in [0.2, 0.25) is 0 Å². The van der Waals surface area contributed by atoms with Crippen LogP contribution in [0.25, 0.3) is 0 Å². The van der Waals surface area contributed by atoms with Crippen LogP contribution in [-0.2, 0) is 4.74 Å². The number of rotatable bonds is 0. The van der Waals surface area contributed by atoms with Crippen LogP contribution in [0.5, 0.6) is 0 Å². The summed E-state index contributed by atoms with van der Waals surface area (Å²) in [6.45, 7) is 0. The topological polar surface area (TPSA) is 9.23 Å². The molecule has 1 aliphatic carbocycles. The molecule has 0 N–H and O–H groups in total. The summed E-state index contributed by atoms with van der Waals surface area (Å²) < 4.78 is 6.01. The van der Waals surface area contributed by atoms with Crippen LogP contribution in [-0.4, -0.2) is 21.1 Å². The number of ether oxygens (including phenoxy) is 1. The second-order valence-corrected chi connectivity index (χ2v) is 4.90. The molecule has 0 saturated carbocycles. The van der Waals surface area contributed by atoms with Crippen molar-refractivity contribution in [2.45, 2.75) is 43.9 Å². The van der Waals surface area contributed by atoms with E-state index in [1.54, 1.807) is 0 Å². The third-order valence-corrected chi connectivity index (χ3v) is 3.03. The molecule has 74 valence electrons. The fourth-order valence-corrected chi connectivity index (χ4v) is 2.20. The Morgan fingerprint density at radius 3 is 2.57 bits per heavy atom. The maximum atomic E-state index is 6.01. The molecule has 1 heterocycles. The number of allylic oxidation sites excluding steroid dienone is 3. The first-order chi connectivity index (χ1) is 6.67. The van der Waals surface area contributed by atoms with Crippen LogP contribution in [0.3, 0.4) is 0 Å². The summed E-state index contributed by atoms with van der Waals surface area (Å²) in [4.78, 5) is 0. The fraction of sp³-hybridized carbons (Fsp3) is 0.636. The lowest BCUT2D eigenvalue weighted by Gasteiger charge is -2.31. The Hall–Kier alpha value is -0.590. The van der Waals surface area contributed by atoms with Crippen molar-refractivity contribution in [2.75, 3.05) is 0 Å². The highest BCUT2D eigenvalue weighted by Crippen LogP contribution is 2.30. The second kappa shape index (κ2) is 3.88. The van der Waals surface area contributed by atoms with Gasteiger partial charge in [-0.15, -0.1) is 0 Å². The molecule has 0 aromatic heterocycles. The third-order valence-electron chi connectivity index (χ3n) is 3.03. The van der Waals surface area contributed by atoms with Crippen LogP contribution >= 0.6 is 0 Å². The molecule has 3 heteroatoms. The molecule has 0 atom stereocenters. The van der Waals surface area contributed by atoms with Gasteiger partial charge in [0.05, 0.1) is 11.2 Å². The molecule has 0 saturated heterocycles. The molecule has 0 unspecified atom stereocenters. The Labute approximate surface area is 88.4 Å². The molecule has 0 radical (unpaired) electrons. The fourth-order valence-electron chi connectivity index (χ4n) is 2.20. The van der Waals surface area contributed by atoms with Crippen molar-refractivity contribution in [1.82, 2.24) is 0 Å². The Bertz CT molecular complexity index is 279. The molecule has 2 rings (SSSR count). The lowest BCUT2D eigenvalue weighted by atomic mass is 9.64. The van der Waals surface area contributed by atoms with Crippen LogP contribution < -0.4 is 0 Å². The van der Waals surface area contributed by atoms with Crippen LogP contribution in [0.15, 0.2) is 23.5 Å². The molecular weight excluding hydrogens is 170 g/mol. The molecule has 0 fully saturated rings. The van der Waals surface area contributed by atoms with Crippen LogP contribution in [0.1, 0.15) is 38.5 Å². The minimum atomic E-state index is -0.0853. The zero-order valence-corrected chi connectivity index (χ0v) is 9.31. The van der Waals surface area contributed by atoms with E-state index in [0.717, 1.165) is 6.42 Å². The predicted octanol–water partition coefficient (Wildman–Crippen LogP) is 1.10. The first kappa shape index (κ1) is 9.95. The molecule has 0 aromatic rings. The van der Waals surface area contributed by atoms with E-state index in [9.17, 15) is 0 Å². The van der Waals surface area contributed by atoms with E-state index in [4.69, 9.17) is 4.74 Å². The normalized spacial score (nSPS) is 26.0. The lowest BCUT2D eigenvalue weighted by molar-refractivity contribution is 0.163. The van der Waals surface area contributed by atoms with Crippen molar-refractivity contribution in [1.29, 1.82) is 0 Å². The van der Waals surface area contributed by atoms with Gasteiger partial charge in [0.25, 0.3) is 0 Å². The summed E-state index contributed by atoms with van der Waals surface area (Å²) in [5, 5.41) is -0.0853. The van der Waals surface area contributed by atoms with Crippen molar-refractivity contribution in [3.8, 4) is 0 Å². The summed E-state index contributed by atoms with van der Waals surface area (Å²) in [6, 6.07) is 0. The van der Waals surface area contributed by atoms with Crippen molar-refractivity contribution >= 4 is 15.7 Å². The van der Waals surface area contributed by atoms with E-state index in [-0.39, 0.29) is 5.40 Å². The molecule has 0 aromatic carbocycles. The zero-order chi connectivity index (χ0) is 10.0. The molecule has 2 aliphatic rings. The minimum absolute atomic E-state index is 0.0853. The third kappa shape index (κ3) is 2.26. The molecule has 1 aliphatic heterocycles. The standard InChI is InChI=1S/C11H18B2O/c12-11(13)8-7-9-5-3-1-2-4-6-10(9)14-11/h7-8H,1-6,12-13H2. The van der Waals surface area contributed by atoms with E-state index in [1.165, 1.54) is 43.4 Å². The first-order valence-electron chi connectivity index (χ1n) is 5.78. The van der Waals surface area contributed by atoms with Gasteiger partial charge < -0.3 is 4.74 Å². The van der Waals surface area contributed by atoms with Crippen molar-refractivity contribution in [2.24, 2.45) is 0 Å². The second-order valence-electron chi connectivity index (χ2n) is 4.90. The monoisotopic (exact) mass is 188 g/mol. The number of hydrogen-bond donors (Lipinski definition) is 0. The summed E-state index contributed by atoms with van der Waals surface area (Å²) in [5.74, 6) is 1.26. The SMILES string of the molecule is BC1(B)C=CC2=C(CCCCCC2)O1. The van der Waals surface area contributed by atoms with Gasteiger partial charge in [0.1, 0.15) is 0 Å². The highest BCUT2D eigenvalue weighted by atomic mass is 16.5. The molecular formula is C11H18B2O. The van der Waals surface area contributed by atoms with E-state index >= 15 is 0 Å². The van der Waals surface area contributed by atoms with Crippen molar-refractivity contribution < 1.29 is 4.74 Å². The van der Waals surface area contributed by atoms with E-state index in [1.807, 2.05) is 0 Å². The summed E-state index contributed by atoms with van der Waals surface area (Å²) in [7, 11) is 4.26. The minimum Gasteiger partial charge on any atom is -0.506 e. The van der Waals surface area contributed by atoms with Gasteiger partial charge in [-0.1, -0.05) is 25.0 Å². The Kier molecular flexibility index (Phi) is 2.76. The van der Waals surface area contributed by atoms with Gasteiger partial charge in [-0.05, 0) is 24.8 Å². The smallest absolute Gasteiger partial charge is 0.151 e. The zero-order valence-electron chi connectivity index (χ0n) is 9.31. The molecule has 1 nitrogen and oxygen atoms in total. The quantitative estimate of drug-likeness (QED) is 0.517. The largest absolute Gasteiger partial charge is 0.506 e. The molecule has 0 spiro atoms. The Balaban J connectivity index is 2.17. The maximum Gasteiger partial charge on any atom is 0.151 e. The molecule has 14 heavy (non-hydrogen) atoms. The van der Waals surface area contributed by atoms with Gasteiger partial charge in [0.2, 0.25) is 0 Å². The maximum absolute atomic E-state index is 6.01. The lowest BCUT2D eigenvalue weighted by Crippen LogP contribution is -2.33. The van der Waals surface area contributed by atoms with Crippen molar-refractivity contribution in [3.05, 3.63) is 23.5 Å². The van der Waals surface area contributed by atoms with Gasteiger partial charge >= 0.3 is 0 Å². The number of hydrogen-bond acceptors (Lipinski definition) is 1. The summed E-state index contributed by atoms with van der Waals surface area (Å²) >= 11 is 0. The average molecular weight is 188 g/mol. The highest BCUT2D eigenvalue weighted by molar-refractivity contribution is 6.40. The van der Waals surface area contributed by atoms with Gasteiger partial charge in [-0.25, -0.2) is 0 Å². The summed E-state index contributed by atoms with van der Waals surface area (Å²) in [5.41, 5.74) is 1.45. The average Bonchev–Trinajstić information content (AvgIpc) is 2.07. The first-order valence-corrected chi connectivity index (χ1v) is 5.78. The van der Waals surface area contributed by atoms with E-state index in [0.29, 0.717) is 0 Å². The van der Waals surface area contributed by atoms with Crippen LogP contribution in [0, 0.1) is 0 Å². The van der Waals surface area contributed by atoms with Gasteiger partial charge in [0, 0.05) is 6.42 Å². The van der Waals surface area contributed by atoms with Gasteiger partial charge in [0.15, 0.2) is 15.7 Å². The van der Waals surface area contributed by atoms with Crippen molar-refractivity contribution in [3.63, 3.8) is 0 Å². The van der Waals surface area contributed by atoms with Gasteiger partial charge in [-0.3, -0.25) is 0 Å². The predicted molar refractivity (Wildman–Crippen MR) is 64.8 cm³/mol. The highest BCUT2D eigenvalue weighted by Gasteiger charge is 2.23. The molecule has 0 amide bonds. The summed E-state index contributed by atoms with van der Waals surface area (Å²) in [6.07, 6.45) is 12.2. The molecule has 0 bridgehead atoms.